The summed E-state index contributed by atoms with van der Waals surface area (Å²) in [6.07, 6.45) is 0.697. The molecule has 0 saturated heterocycles. The number of carbonyl (C=O) groups is 1. The van der Waals surface area contributed by atoms with Crippen molar-refractivity contribution in [3.05, 3.63) is 30.3 Å². The summed E-state index contributed by atoms with van der Waals surface area (Å²) < 4.78 is 15.4. The molecule has 0 aliphatic carbocycles. The van der Waals surface area contributed by atoms with Crippen molar-refractivity contribution in [1.82, 2.24) is 5.32 Å². The van der Waals surface area contributed by atoms with Crippen LogP contribution in [0.5, 0.6) is 5.75 Å². The van der Waals surface area contributed by atoms with Crippen LogP contribution in [0.4, 0.5) is 0 Å². The molecule has 0 atom stereocenters. The molecule has 0 aliphatic rings. The van der Waals surface area contributed by atoms with Gasteiger partial charge >= 0.3 is 0 Å². The Morgan fingerprint density at radius 3 is 2.53 bits per heavy atom. The van der Waals surface area contributed by atoms with E-state index < -0.39 is 6.29 Å². The lowest BCUT2D eigenvalue weighted by atomic mass is 10.3. The minimum absolute atomic E-state index is 0.0317. The van der Waals surface area contributed by atoms with Crippen molar-refractivity contribution in [2.24, 2.45) is 0 Å². The monoisotopic (exact) mass is 267 g/mol. The van der Waals surface area contributed by atoms with Crippen molar-refractivity contribution < 1.29 is 19.0 Å². The average molecular weight is 267 g/mol. The SMILES string of the molecule is COC(CNC(=O)CCCOc1ccccc1)OC. The van der Waals surface area contributed by atoms with Gasteiger partial charge in [0.05, 0.1) is 13.2 Å². The number of carbonyl (C=O) groups excluding carboxylic acids is 1. The van der Waals surface area contributed by atoms with Crippen LogP contribution in [0.3, 0.4) is 0 Å². The first kappa shape index (κ1) is 15.5. The summed E-state index contributed by atoms with van der Waals surface area (Å²) in [6, 6.07) is 9.54. The number of para-hydroxylation sites is 1. The molecule has 5 heteroatoms. The predicted molar refractivity (Wildman–Crippen MR) is 72.0 cm³/mol. The Morgan fingerprint density at radius 2 is 1.89 bits per heavy atom. The van der Waals surface area contributed by atoms with E-state index in [1.54, 1.807) is 0 Å². The first-order valence-corrected chi connectivity index (χ1v) is 6.26. The molecule has 0 unspecified atom stereocenters. The van der Waals surface area contributed by atoms with Gasteiger partial charge in [-0.25, -0.2) is 0 Å². The molecule has 1 amide bonds. The molecule has 0 bridgehead atoms. The van der Waals surface area contributed by atoms with Gasteiger partial charge in [0, 0.05) is 20.6 Å². The van der Waals surface area contributed by atoms with Crippen LogP contribution >= 0.6 is 0 Å². The molecule has 1 aromatic rings. The lowest BCUT2D eigenvalue weighted by Crippen LogP contribution is -2.34. The molecule has 0 spiro atoms. The van der Waals surface area contributed by atoms with Crippen LogP contribution in [0.2, 0.25) is 0 Å². The zero-order chi connectivity index (χ0) is 13.9. The maximum atomic E-state index is 11.5. The van der Waals surface area contributed by atoms with Gasteiger partial charge in [0.1, 0.15) is 5.75 Å². The van der Waals surface area contributed by atoms with E-state index in [0.29, 0.717) is 26.0 Å². The van der Waals surface area contributed by atoms with E-state index in [0.717, 1.165) is 5.75 Å². The Hall–Kier alpha value is -1.59. The molecule has 0 aliphatic heterocycles. The van der Waals surface area contributed by atoms with Crippen LogP contribution in [0.25, 0.3) is 0 Å². The Balaban J connectivity index is 2.07. The van der Waals surface area contributed by atoms with E-state index in [9.17, 15) is 4.79 Å². The van der Waals surface area contributed by atoms with Crippen LogP contribution in [-0.4, -0.2) is 39.6 Å². The number of methoxy groups -OCH3 is 2. The molecule has 5 nitrogen and oxygen atoms in total. The summed E-state index contributed by atoms with van der Waals surface area (Å²) in [5, 5.41) is 2.74. The maximum absolute atomic E-state index is 11.5. The van der Waals surface area contributed by atoms with Crippen LogP contribution in [0.15, 0.2) is 30.3 Å². The molecule has 1 N–H and O–H groups in total. The molecule has 0 heterocycles. The van der Waals surface area contributed by atoms with Crippen molar-refractivity contribution in [2.45, 2.75) is 19.1 Å². The summed E-state index contributed by atoms with van der Waals surface area (Å²) >= 11 is 0. The zero-order valence-electron chi connectivity index (χ0n) is 11.4. The van der Waals surface area contributed by atoms with Crippen LogP contribution in [-0.2, 0) is 14.3 Å². The number of hydrogen-bond acceptors (Lipinski definition) is 4. The smallest absolute Gasteiger partial charge is 0.220 e. The van der Waals surface area contributed by atoms with Gasteiger partial charge < -0.3 is 19.5 Å². The second-order valence-electron chi connectivity index (χ2n) is 3.97. The molecule has 0 saturated carbocycles. The van der Waals surface area contributed by atoms with Gasteiger partial charge in [0.15, 0.2) is 6.29 Å². The summed E-state index contributed by atoms with van der Waals surface area (Å²) in [5.41, 5.74) is 0. The second kappa shape index (κ2) is 9.35. The summed E-state index contributed by atoms with van der Waals surface area (Å²) in [4.78, 5) is 11.5. The largest absolute Gasteiger partial charge is 0.494 e. The van der Waals surface area contributed by atoms with Crippen LogP contribution in [0.1, 0.15) is 12.8 Å². The van der Waals surface area contributed by atoms with Gasteiger partial charge in [-0.05, 0) is 18.6 Å². The van der Waals surface area contributed by atoms with E-state index in [1.165, 1.54) is 14.2 Å². The van der Waals surface area contributed by atoms with E-state index in [4.69, 9.17) is 14.2 Å². The molecular formula is C14H21NO4. The van der Waals surface area contributed by atoms with E-state index >= 15 is 0 Å². The first-order valence-electron chi connectivity index (χ1n) is 6.26. The Kier molecular flexibility index (Phi) is 7.62. The highest BCUT2D eigenvalue weighted by Crippen LogP contribution is 2.08. The van der Waals surface area contributed by atoms with Crippen molar-refractivity contribution in [3.63, 3.8) is 0 Å². The Labute approximate surface area is 113 Å². The number of benzene rings is 1. The number of amides is 1. The lowest BCUT2D eigenvalue weighted by molar-refractivity contribution is -0.127. The summed E-state index contributed by atoms with van der Waals surface area (Å²) in [6.45, 7) is 0.876. The fourth-order valence-electron chi connectivity index (χ4n) is 1.49. The number of rotatable bonds is 9. The minimum atomic E-state index is -0.399. The van der Waals surface area contributed by atoms with Crippen LogP contribution in [0, 0.1) is 0 Å². The molecule has 0 aromatic heterocycles. The third kappa shape index (κ3) is 6.79. The molecular weight excluding hydrogens is 246 g/mol. The normalized spacial score (nSPS) is 10.5. The highest BCUT2D eigenvalue weighted by molar-refractivity contribution is 5.75. The molecule has 0 fully saturated rings. The number of hydrogen-bond donors (Lipinski definition) is 1. The zero-order valence-corrected chi connectivity index (χ0v) is 11.4. The van der Waals surface area contributed by atoms with Gasteiger partial charge in [-0.3, -0.25) is 4.79 Å². The van der Waals surface area contributed by atoms with Crippen molar-refractivity contribution in [2.75, 3.05) is 27.4 Å². The first-order chi connectivity index (χ1) is 9.26. The fourth-order valence-corrected chi connectivity index (χ4v) is 1.49. The number of nitrogens with one attached hydrogen (secondary N) is 1. The van der Waals surface area contributed by atoms with E-state index in [1.807, 2.05) is 30.3 Å². The van der Waals surface area contributed by atoms with Crippen LogP contribution < -0.4 is 10.1 Å². The van der Waals surface area contributed by atoms with E-state index in [2.05, 4.69) is 5.32 Å². The number of ether oxygens (including phenoxy) is 3. The minimum Gasteiger partial charge on any atom is -0.494 e. The Morgan fingerprint density at radius 1 is 1.21 bits per heavy atom. The highest BCUT2D eigenvalue weighted by Gasteiger charge is 2.07. The highest BCUT2D eigenvalue weighted by atomic mass is 16.7. The third-order valence-corrected chi connectivity index (χ3v) is 2.55. The standard InChI is InChI=1S/C14H21NO4/c1-17-14(18-2)11-15-13(16)9-6-10-19-12-7-4-3-5-8-12/h3-5,7-8,14H,6,9-11H2,1-2H3,(H,15,16). The average Bonchev–Trinajstić information content (AvgIpc) is 2.46. The fraction of sp³-hybridized carbons (Fsp3) is 0.500. The summed E-state index contributed by atoms with van der Waals surface area (Å²) in [7, 11) is 3.07. The van der Waals surface area contributed by atoms with Gasteiger partial charge in [-0.1, -0.05) is 18.2 Å². The van der Waals surface area contributed by atoms with Gasteiger partial charge in [0.2, 0.25) is 5.91 Å². The molecule has 1 aromatic carbocycles. The Bertz CT molecular complexity index is 352. The van der Waals surface area contributed by atoms with Gasteiger partial charge in [-0.15, -0.1) is 0 Å². The molecule has 106 valence electrons. The summed E-state index contributed by atoms with van der Waals surface area (Å²) in [5.74, 6) is 0.789. The topological polar surface area (TPSA) is 56.8 Å². The van der Waals surface area contributed by atoms with E-state index in [-0.39, 0.29) is 5.91 Å². The lowest BCUT2D eigenvalue weighted by Gasteiger charge is -2.14. The van der Waals surface area contributed by atoms with Crippen molar-refractivity contribution in [3.8, 4) is 5.75 Å². The van der Waals surface area contributed by atoms with Gasteiger partial charge in [0.25, 0.3) is 0 Å². The molecule has 1 rings (SSSR count). The van der Waals surface area contributed by atoms with Crippen molar-refractivity contribution in [1.29, 1.82) is 0 Å². The third-order valence-electron chi connectivity index (χ3n) is 2.55. The second-order valence-corrected chi connectivity index (χ2v) is 3.97. The quantitative estimate of drug-likeness (QED) is 0.545. The molecule has 0 radical (unpaired) electrons. The predicted octanol–water partition coefficient (Wildman–Crippen LogP) is 1.58. The molecule has 19 heavy (non-hydrogen) atoms. The maximum Gasteiger partial charge on any atom is 0.220 e. The van der Waals surface area contributed by atoms with Gasteiger partial charge in [-0.2, -0.15) is 0 Å². The van der Waals surface area contributed by atoms with Crippen molar-refractivity contribution >= 4 is 5.91 Å².